The van der Waals surface area contributed by atoms with Crippen molar-refractivity contribution in [2.24, 2.45) is 4.99 Å². The van der Waals surface area contributed by atoms with Gasteiger partial charge >= 0.3 is 0 Å². The van der Waals surface area contributed by atoms with Crippen LogP contribution in [0.3, 0.4) is 0 Å². The summed E-state index contributed by atoms with van der Waals surface area (Å²) in [5.41, 5.74) is 1.82. The topological polar surface area (TPSA) is 75.1 Å². The van der Waals surface area contributed by atoms with Crippen molar-refractivity contribution in [1.29, 1.82) is 0 Å². The third kappa shape index (κ3) is 8.79. The fourth-order valence-electron chi connectivity index (χ4n) is 2.82. The number of hydrogen-bond acceptors (Lipinski definition) is 4. The zero-order valence-electron chi connectivity index (χ0n) is 18.2. The molecule has 0 aliphatic carbocycles. The molecule has 0 spiro atoms. The normalized spacial score (nSPS) is 12.1. The highest BCUT2D eigenvalue weighted by Crippen LogP contribution is 2.20. The largest absolute Gasteiger partial charge is 0.494 e. The number of benzene rings is 2. The monoisotopic (exact) mass is 527 g/mol. The summed E-state index contributed by atoms with van der Waals surface area (Å²) in [6, 6.07) is 15.4. The van der Waals surface area contributed by atoms with Crippen LogP contribution < -0.4 is 20.1 Å². The maximum atomic E-state index is 10.6. The van der Waals surface area contributed by atoms with Gasteiger partial charge in [0.25, 0.3) is 0 Å². The summed E-state index contributed by atoms with van der Waals surface area (Å²) in [6.07, 6.45) is -0.585. The van der Waals surface area contributed by atoms with Gasteiger partial charge < -0.3 is 25.2 Å². The first-order valence-electron chi connectivity index (χ1n) is 10.2. The van der Waals surface area contributed by atoms with Crippen molar-refractivity contribution in [3.63, 3.8) is 0 Å². The average molecular weight is 527 g/mol. The number of guanidine groups is 1. The van der Waals surface area contributed by atoms with Gasteiger partial charge in [-0.05, 0) is 51.5 Å². The van der Waals surface area contributed by atoms with E-state index in [0.717, 1.165) is 29.2 Å². The fourth-order valence-corrected chi connectivity index (χ4v) is 2.82. The number of aliphatic hydroxyl groups excluding tert-OH is 1. The lowest BCUT2D eigenvalue weighted by molar-refractivity contribution is 0.179. The van der Waals surface area contributed by atoms with E-state index in [4.69, 9.17) is 9.47 Å². The second-order valence-electron chi connectivity index (χ2n) is 6.87. The second-order valence-corrected chi connectivity index (χ2v) is 6.87. The summed E-state index contributed by atoms with van der Waals surface area (Å²) >= 11 is 0. The molecular formula is C23H34IN3O3. The van der Waals surface area contributed by atoms with E-state index in [1.807, 2.05) is 76.2 Å². The molecule has 0 aromatic heterocycles. The van der Waals surface area contributed by atoms with Gasteiger partial charge in [-0.15, -0.1) is 24.0 Å². The summed E-state index contributed by atoms with van der Waals surface area (Å²) in [6.45, 7) is 10.1. The molecule has 0 aliphatic rings. The van der Waals surface area contributed by atoms with Gasteiger partial charge in [0.1, 0.15) is 11.5 Å². The highest BCUT2D eigenvalue weighted by Gasteiger charge is 2.10. The van der Waals surface area contributed by atoms with Crippen molar-refractivity contribution in [1.82, 2.24) is 10.6 Å². The van der Waals surface area contributed by atoms with Crippen molar-refractivity contribution in [2.75, 3.05) is 19.7 Å². The highest BCUT2D eigenvalue weighted by atomic mass is 127. The molecule has 1 unspecified atom stereocenters. The molecule has 2 aromatic rings. The van der Waals surface area contributed by atoms with Gasteiger partial charge in [0.05, 0.1) is 25.4 Å². The molecular weight excluding hydrogens is 493 g/mol. The molecule has 2 aromatic carbocycles. The molecule has 30 heavy (non-hydrogen) atoms. The number of aliphatic hydroxyl groups is 1. The Morgan fingerprint density at radius 3 is 2.53 bits per heavy atom. The minimum absolute atomic E-state index is 0. The molecule has 0 fully saturated rings. The Kier molecular flexibility index (Phi) is 12.2. The summed E-state index contributed by atoms with van der Waals surface area (Å²) in [5.74, 6) is 2.24. The Morgan fingerprint density at radius 2 is 1.83 bits per heavy atom. The molecule has 0 radical (unpaired) electrons. The van der Waals surface area contributed by atoms with E-state index < -0.39 is 6.10 Å². The number of rotatable bonds is 10. The maximum Gasteiger partial charge on any atom is 0.191 e. The zero-order valence-corrected chi connectivity index (χ0v) is 20.6. The average Bonchev–Trinajstić information content (AvgIpc) is 2.70. The number of ether oxygens (including phenoxy) is 2. The quantitative estimate of drug-likeness (QED) is 0.245. The van der Waals surface area contributed by atoms with E-state index in [1.165, 1.54) is 0 Å². The predicted octanol–water partition coefficient (Wildman–Crippen LogP) is 4.28. The fraction of sp³-hybridized carbons (Fsp3) is 0.435. The van der Waals surface area contributed by atoms with Gasteiger partial charge in [0.15, 0.2) is 5.96 Å². The Morgan fingerprint density at radius 1 is 1.07 bits per heavy atom. The Bertz CT molecular complexity index is 784. The number of para-hydroxylation sites is 1. The van der Waals surface area contributed by atoms with Gasteiger partial charge in [-0.2, -0.15) is 0 Å². The molecule has 7 heteroatoms. The van der Waals surface area contributed by atoms with Gasteiger partial charge in [-0.3, -0.25) is 0 Å². The van der Waals surface area contributed by atoms with Crippen LogP contribution in [0.25, 0.3) is 0 Å². The van der Waals surface area contributed by atoms with Gasteiger partial charge in [-0.1, -0.05) is 30.3 Å². The van der Waals surface area contributed by atoms with Gasteiger partial charge in [-0.25, -0.2) is 4.99 Å². The van der Waals surface area contributed by atoms with Crippen LogP contribution in [0.15, 0.2) is 53.5 Å². The first-order chi connectivity index (χ1) is 14.0. The molecule has 3 N–H and O–H groups in total. The Balaban J connectivity index is 0.00000450. The summed E-state index contributed by atoms with van der Waals surface area (Å²) in [7, 11) is 0. The van der Waals surface area contributed by atoms with Crippen molar-refractivity contribution in [3.05, 3.63) is 59.7 Å². The maximum absolute atomic E-state index is 10.6. The molecule has 166 valence electrons. The summed E-state index contributed by atoms with van der Waals surface area (Å²) in [4.78, 5) is 4.63. The van der Waals surface area contributed by atoms with Crippen molar-refractivity contribution >= 4 is 29.9 Å². The number of aliphatic imine (C=N–C) groups is 1. The first kappa shape index (κ1) is 26.0. The zero-order chi connectivity index (χ0) is 21.1. The SMILES string of the molecule is CCNC(=NCc1ccccc1OCC)NCC(O)c1cccc(OC(C)C)c1.I. The Hall–Kier alpha value is -2.00. The minimum Gasteiger partial charge on any atom is -0.494 e. The minimum atomic E-state index is -0.676. The lowest BCUT2D eigenvalue weighted by atomic mass is 10.1. The second kappa shape index (κ2) is 14.1. The number of nitrogens with one attached hydrogen (secondary N) is 2. The molecule has 0 bridgehead atoms. The van der Waals surface area contributed by atoms with Crippen molar-refractivity contribution < 1.29 is 14.6 Å². The van der Waals surface area contributed by atoms with Crippen LogP contribution in [0.1, 0.15) is 44.9 Å². The molecule has 6 nitrogen and oxygen atoms in total. The van der Waals surface area contributed by atoms with Crippen LogP contribution in [0.5, 0.6) is 11.5 Å². The molecule has 2 rings (SSSR count). The van der Waals surface area contributed by atoms with Crippen LogP contribution in [-0.2, 0) is 6.54 Å². The summed E-state index contributed by atoms with van der Waals surface area (Å²) in [5, 5.41) is 17.0. The van der Waals surface area contributed by atoms with E-state index in [1.54, 1.807) is 0 Å². The highest BCUT2D eigenvalue weighted by molar-refractivity contribution is 14.0. The van der Waals surface area contributed by atoms with Crippen molar-refractivity contribution in [2.45, 2.75) is 46.4 Å². The van der Waals surface area contributed by atoms with Gasteiger partial charge in [0, 0.05) is 18.7 Å². The number of halogens is 1. The molecule has 0 amide bonds. The smallest absolute Gasteiger partial charge is 0.191 e. The van der Waals surface area contributed by atoms with E-state index in [9.17, 15) is 5.11 Å². The third-order valence-electron chi connectivity index (χ3n) is 4.10. The van der Waals surface area contributed by atoms with E-state index in [-0.39, 0.29) is 30.1 Å². The molecule has 0 saturated carbocycles. The molecule has 0 saturated heterocycles. The first-order valence-corrected chi connectivity index (χ1v) is 10.2. The number of nitrogens with zero attached hydrogens (tertiary/aromatic N) is 1. The Labute approximate surface area is 197 Å². The van der Waals surface area contributed by atoms with E-state index >= 15 is 0 Å². The molecule has 0 heterocycles. The van der Waals surface area contributed by atoms with Crippen LogP contribution in [0.4, 0.5) is 0 Å². The van der Waals surface area contributed by atoms with Gasteiger partial charge in [0.2, 0.25) is 0 Å². The number of hydrogen-bond donors (Lipinski definition) is 3. The lowest BCUT2D eigenvalue weighted by Gasteiger charge is -2.17. The summed E-state index contributed by atoms with van der Waals surface area (Å²) < 4.78 is 11.4. The van der Waals surface area contributed by atoms with Crippen LogP contribution in [-0.4, -0.2) is 36.9 Å². The molecule has 0 aliphatic heterocycles. The lowest BCUT2D eigenvalue weighted by Crippen LogP contribution is -2.39. The van der Waals surface area contributed by atoms with E-state index in [0.29, 0.717) is 25.7 Å². The predicted molar refractivity (Wildman–Crippen MR) is 133 cm³/mol. The van der Waals surface area contributed by atoms with Crippen molar-refractivity contribution in [3.8, 4) is 11.5 Å². The molecule has 1 atom stereocenters. The van der Waals surface area contributed by atoms with Crippen LogP contribution in [0, 0.1) is 0 Å². The van der Waals surface area contributed by atoms with Crippen LogP contribution in [0.2, 0.25) is 0 Å². The van der Waals surface area contributed by atoms with E-state index in [2.05, 4.69) is 15.6 Å². The van der Waals surface area contributed by atoms with Crippen LogP contribution >= 0.6 is 24.0 Å². The standard InChI is InChI=1S/C23H33N3O3.HI/c1-5-24-23(25-15-19-10-7-8-13-22(19)28-6-2)26-16-21(27)18-11-9-12-20(14-18)29-17(3)4;/h7-14,17,21,27H,5-6,15-16H2,1-4H3,(H2,24,25,26);1H. The third-order valence-corrected chi connectivity index (χ3v) is 4.10.